The summed E-state index contributed by atoms with van der Waals surface area (Å²) in [5.74, 6) is -0.435. The Labute approximate surface area is 92.9 Å². The number of allylic oxidation sites excluding steroid dienone is 1. The molecule has 0 unspecified atom stereocenters. The van der Waals surface area contributed by atoms with Gasteiger partial charge in [-0.3, -0.25) is 0 Å². The molecule has 0 spiro atoms. The minimum absolute atomic E-state index is 0.109. The molecule has 1 heterocycles. The van der Waals surface area contributed by atoms with E-state index in [0.29, 0.717) is 12.2 Å². The summed E-state index contributed by atoms with van der Waals surface area (Å²) < 4.78 is 4.96. The summed E-state index contributed by atoms with van der Waals surface area (Å²) in [5, 5.41) is 0.109. The van der Waals surface area contributed by atoms with Crippen molar-refractivity contribution in [2.24, 2.45) is 0 Å². The Morgan fingerprint density at radius 2 is 2.20 bits per heavy atom. The number of halogens is 1. The van der Waals surface area contributed by atoms with Gasteiger partial charge in [0.15, 0.2) is 0 Å². The average molecular weight is 227 g/mol. The number of rotatable bonds is 5. The molecule has 0 aliphatic heterocycles. The number of carbonyl (C=O) groups is 1. The molecule has 5 heteroatoms. The molecule has 1 rings (SSSR count). The highest BCUT2D eigenvalue weighted by Crippen LogP contribution is 2.03. The second-order valence-electron chi connectivity index (χ2n) is 2.81. The molecule has 0 amide bonds. The topological polar surface area (TPSA) is 52.1 Å². The minimum Gasteiger partial charge on any atom is -0.462 e. The molecule has 0 atom stereocenters. The van der Waals surface area contributed by atoms with Crippen LogP contribution in [0.3, 0.4) is 0 Å². The summed E-state index contributed by atoms with van der Waals surface area (Å²) >= 11 is 5.48. The van der Waals surface area contributed by atoms with Crippen LogP contribution in [-0.2, 0) is 4.74 Å². The van der Waals surface area contributed by atoms with Crippen LogP contribution in [0.2, 0.25) is 5.28 Å². The molecule has 0 bridgehead atoms. The summed E-state index contributed by atoms with van der Waals surface area (Å²) in [5.41, 5.74) is 0.304. The summed E-state index contributed by atoms with van der Waals surface area (Å²) in [4.78, 5) is 18.7. The lowest BCUT2D eigenvalue weighted by molar-refractivity contribution is 0.0500. The van der Waals surface area contributed by atoms with Crippen LogP contribution in [-0.4, -0.2) is 22.5 Å². The van der Waals surface area contributed by atoms with Gasteiger partial charge in [-0.2, -0.15) is 0 Å². The first kappa shape index (κ1) is 11.7. The van der Waals surface area contributed by atoms with E-state index < -0.39 is 5.97 Å². The van der Waals surface area contributed by atoms with Gasteiger partial charge in [0.05, 0.1) is 12.2 Å². The highest BCUT2D eigenvalue weighted by molar-refractivity contribution is 6.28. The maximum Gasteiger partial charge on any atom is 0.341 e. The standard InChI is InChI=1S/C10H11ClN2O2/c1-2-3-4-5-15-9(14)8-6-12-10(11)13-7-8/h2,6-7H,1,3-5H2. The number of aromatic nitrogens is 2. The second kappa shape index (κ2) is 6.14. The smallest absolute Gasteiger partial charge is 0.341 e. The minimum atomic E-state index is -0.435. The van der Waals surface area contributed by atoms with Crippen LogP contribution in [0.15, 0.2) is 25.0 Å². The van der Waals surface area contributed by atoms with Gasteiger partial charge in [-0.15, -0.1) is 6.58 Å². The number of hydrogen-bond acceptors (Lipinski definition) is 4. The lowest BCUT2D eigenvalue weighted by atomic mass is 10.3. The molecule has 4 nitrogen and oxygen atoms in total. The lowest BCUT2D eigenvalue weighted by Crippen LogP contribution is -2.07. The first-order valence-electron chi connectivity index (χ1n) is 4.49. The normalized spacial score (nSPS) is 9.67. The van der Waals surface area contributed by atoms with Crippen LogP contribution in [0.4, 0.5) is 0 Å². The SMILES string of the molecule is C=CCCCOC(=O)c1cnc(Cl)nc1. The van der Waals surface area contributed by atoms with Crippen LogP contribution in [0.25, 0.3) is 0 Å². The van der Waals surface area contributed by atoms with E-state index in [9.17, 15) is 4.79 Å². The quantitative estimate of drug-likeness (QED) is 0.335. The monoisotopic (exact) mass is 226 g/mol. The van der Waals surface area contributed by atoms with Gasteiger partial charge in [-0.05, 0) is 24.4 Å². The van der Waals surface area contributed by atoms with Crippen LogP contribution >= 0.6 is 11.6 Å². The summed E-state index contributed by atoms with van der Waals surface area (Å²) in [6, 6.07) is 0. The van der Waals surface area contributed by atoms with Gasteiger partial charge in [0, 0.05) is 12.4 Å². The van der Waals surface area contributed by atoms with Crippen molar-refractivity contribution < 1.29 is 9.53 Å². The van der Waals surface area contributed by atoms with Crippen molar-refractivity contribution in [2.45, 2.75) is 12.8 Å². The summed E-state index contributed by atoms with van der Waals surface area (Å²) in [6.07, 6.45) is 6.05. The Hall–Kier alpha value is -1.42. The predicted octanol–water partition coefficient (Wildman–Crippen LogP) is 2.25. The first-order valence-corrected chi connectivity index (χ1v) is 4.87. The van der Waals surface area contributed by atoms with Gasteiger partial charge >= 0.3 is 5.97 Å². The third-order valence-electron chi connectivity index (χ3n) is 1.64. The molecule has 1 aromatic rings. The summed E-state index contributed by atoms with van der Waals surface area (Å²) in [6.45, 7) is 3.94. The zero-order valence-electron chi connectivity index (χ0n) is 8.15. The second-order valence-corrected chi connectivity index (χ2v) is 3.15. The number of ether oxygens (including phenoxy) is 1. The van der Waals surface area contributed by atoms with E-state index >= 15 is 0 Å². The van der Waals surface area contributed by atoms with E-state index in [-0.39, 0.29) is 5.28 Å². The first-order chi connectivity index (χ1) is 7.24. The van der Waals surface area contributed by atoms with E-state index in [1.807, 2.05) is 0 Å². The van der Waals surface area contributed by atoms with Crippen molar-refractivity contribution in [3.05, 3.63) is 35.9 Å². The highest BCUT2D eigenvalue weighted by atomic mass is 35.5. The number of esters is 1. The zero-order valence-corrected chi connectivity index (χ0v) is 8.91. The Balaban J connectivity index is 2.40. The molecule has 0 saturated carbocycles. The molecule has 0 N–H and O–H groups in total. The van der Waals surface area contributed by atoms with Crippen LogP contribution < -0.4 is 0 Å². The molecular formula is C10H11ClN2O2. The Morgan fingerprint density at radius 3 is 2.80 bits per heavy atom. The lowest BCUT2D eigenvalue weighted by Gasteiger charge is -2.02. The van der Waals surface area contributed by atoms with E-state index in [1.165, 1.54) is 12.4 Å². The van der Waals surface area contributed by atoms with Crippen molar-refractivity contribution in [3.8, 4) is 0 Å². The molecule has 15 heavy (non-hydrogen) atoms. The maximum atomic E-state index is 11.3. The van der Waals surface area contributed by atoms with Crippen molar-refractivity contribution in [1.29, 1.82) is 0 Å². The van der Waals surface area contributed by atoms with Crippen molar-refractivity contribution in [3.63, 3.8) is 0 Å². The molecule has 0 radical (unpaired) electrons. The Kier molecular flexibility index (Phi) is 4.77. The van der Waals surface area contributed by atoms with Gasteiger partial charge in [0.25, 0.3) is 0 Å². The van der Waals surface area contributed by atoms with E-state index in [1.54, 1.807) is 6.08 Å². The summed E-state index contributed by atoms with van der Waals surface area (Å²) in [7, 11) is 0. The molecule has 0 fully saturated rings. The molecule has 0 saturated heterocycles. The predicted molar refractivity (Wildman–Crippen MR) is 56.8 cm³/mol. The average Bonchev–Trinajstić information content (AvgIpc) is 2.25. The molecule has 1 aromatic heterocycles. The number of carbonyl (C=O) groups excluding carboxylic acids is 1. The van der Waals surface area contributed by atoms with Gasteiger partial charge in [0.2, 0.25) is 5.28 Å². The number of nitrogens with zero attached hydrogens (tertiary/aromatic N) is 2. The molecule has 80 valence electrons. The molecule has 0 aliphatic rings. The zero-order chi connectivity index (χ0) is 11.1. The van der Waals surface area contributed by atoms with Gasteiger partial charge in [-0.1, -0.05) is 6.08 Å². The van der Waals surface area contributed by atoms with E-state index in [2.05, 4.69) is 16.5 Å². The van der Waals surface area contributed by atoms with E-state index in [4.69, 9.17) is 16.3 Å². The van der Waals surface area contributed by atoms with Crippen LogP contribution in [0, 0.1) is 0 Å². The van der Waals surface area contributed by atoms with Crippen molar-refractivity contribution >= 4 is 17.6 Å². The third kappa shape index (κ3) is 4.08. The van der Waals surface area contributed by atoms with Gasteiger partial charge in [-0.25, -0.2) is 14.8 Å². The Morgan fingerprint density at radius 1 is 1.53 bits per heavy atom. The molecule has 0 aromatic carbocycles. The fourth-order valence-corrected chi connectivity index (χ4v) is 0.991. The number of hydrogen-bond donors (Lipinski definition) is 0. The largest absolute Gasteiger partial charge is 0.462 e. The van der Waals surface area contributed by atoms with Crippen LogP contribution in [0.5, 0.6) is 0 Å². The van der Waals surface area contributed by atoms with Gasteiger partial charge in [0.1, 0.15) is 0 Å². The fraction of sp³-hybridized carbons (Fsp3) is 0.300. The fourth-order valence-electron chi connectivity index (χ4n) is 0.894. The van der Waals surface area contributed by atoms with E-state index in [0.717, 1.165) is 12.8 Å². The molecular weight excluding hydrogens is 216 g/mol. The van der Waals surface area contributed by atoms with Gasteiger partial charge < -0.3 is 4.74 Å². The molecule has 0 aliphatic carbocycles. The maximum absolute atomic E-state index is 11.3. The van der Waals surface area contributed by atoms with Crippen LogP contribution in [0.1, 0.15) is 23.2 Å². The number of unbranched alkanes of at least 4 members (excludes halogenated alkanes) is 1. The third-order valence-corrected chi connectivity index (χ3v) is 1.84. The van der Waals surface area contributed by atoms with Crippen molar-refractivity contribution in [2.75, 3.05) is 6.61 Å². The highest BCUT2D eigenvalue weighted by Gasteiger charge is 2.07. The van der Waals surface area contributed by atoms with Crippen molar-refractivity contribution in [1.82, 2.24) is 9.97 Å². The Bertz CT molecular complexity index is 338.